The molecule has 146 valence electrons. The van der Waals surface area contributed by atoms with Crippen molar-refractivity contribution < 1.29 is 27.1 Å². The first-order chi connectivity index (χ1) is 12.9. The smallest absolute Gasteiger partial charge is 0.470 e. The molecule has 27 heavy (non-hydrogen) atoms. The maximum Gasteiger partial charge on any atom is 0.470 e. The lowest BCUT2D eigenvalue weighted by Crippen LogP contribution is -2.40. The molecule has 2 aromatic rings. The fourth-order valence-electron chi connectivity index (χ4n) is 3.08. The summed E-state index contributed by atoms with van der Waals surface area (Å²) in [4.78, 5) is 14.2. The molecule has 1 aliphatic heterocycles. The number of nitrogens with zero attached hydrogens (tertiary/aromatic N) is 3. The molecule has 3 rings (SSSR count). The molecule has 1 saturated heterocycles. The quantitative estimate of drug-likeness (QED) is 0.791. The van der Waals surface area contributed by atoms with E-state index in [0.29, 0.717) is 26.0 Å². The van der Waals surface area contributed by atoms with Crippen molar-refractivity contribution in [1.29, 1.82) is 0 Å². The van der Waals surface area contributed by atoms with Gasteiger partial charge in [0.25, 0.3) is 0 Å². The van der Waals surface area contributed by atoms with E-state index in [9.17, 15) is 18.0 Å². The monoisotopic (exact) mass is 383 g/mol. The van der Waals surface area contributed by atoms with Gasteiger partial charge in [0.05, 0.1) is 18.9 Å². The highest BCUT2D eigenvalue weighted by atomic mass is 19.4. The van der Waals surface area contributed by atoms with Gasteiger partial charge in [0.1, 0.15) is 5.75 Å². The van der Waals surface area contributed by atoms with Crippen molar-refractivity contribution in [3.05, 3.63) is 41.6 Å². The van der Waals surface area contributed by atoms with Gasteiger partial charge in [-0.1, -0.05) is 12.1 Å². The number of hydrogen-bond donors (Lipinski definition) is 0. The second-order valence-electron chi connectivity index (χ2n) is 6.38. The molecule has 2 heterocycles. The topological polar surface area (TPSA) is 68.5 Å². The van der Waals surface area contributed by atoms with Crippen molar-refractivity contribution in [3.8, 4) is 5.75 Å². The first-order valence-electron chi connectivity index (χ1n) is 8.77. The van der Waals surface area contributed by atoms with Gasteiger partial charge in [-0.15, -0.1) is 10.2 Å². The highest BCUT2D eigenvalue weighted by molar-refractivity contribution is 5.79. The average molecular weight is 383 g/mol. The number of benzene rings is 1. The summed E-state index contributed by atoms with van der Waals surface area (Å²) in [7, 11) is 0. The largest absolute Gasteiger partial charge is 0.494 e. The second-order valence-corrected chi connectivity index (χ2v) is 6.38. The molecule has 0 N–H and O–H groups in total. The minimum atomic E-state index is -4.66. The van der Waals surface area contributed by atoms with E-state index in [1.165, 1.54) is 0 Å². The minimum absolute atomic E-state index is 0.0686. The van der Waals surface area contributed by atoms with Crippen LogP contribution in [0.2, 0.25) is 0 Å². The molecule has 0 bridgehead atoms. The molecule has 1 unspecified atom stereocenters. The number of amides is 1. The van der Waals surface area contributed by atoms with Gasteiger partial charge in [-0.2, -0.15) is 13.2 Å². The molecular formula is C18H20F3N3O3. The molecule has 1 aliphatic rings. The summed E-state index contributed by atoms with van der Waals surface area (Å²) in [5.41, 5.74) is 0.850. The Morgan fingerprint density at radius 2 is 2.04 bits per heavy atom. The van der Waals surface area contributed by atoms with Crippen molar-refractivity contribution in [2.75, 3.05) is 19.7 Å². The zero-order valence-electron chi connectivity index (χ0n) is 14.8. The van der Waals surface area contributed by atoms with Crippen LogP contribution < -0.4 is 4.74 Å². The van der Waals surface area contributed by atoms with Gasteiger partial charge in [-0.25, -0.2) is 0 Å². The molecule has 1 amide bonds. The molecule has 1 fully saturated rings. The summed E-state index contributed by atoms with van der Waals surface area (Å²) in [6.07, 6.45) is -3.17. The third kappa shape index (κ3) is 4.78. The van der Waals surface area contributed by atoms with Crippen LogP contribution in [-0.2, 0) is 17.4 Å². The summed E-state index contributed by atoms with van der Waals surface area (Å²) < 4.78 is 48.0. The van der Waals surface area contributed by atoms with Crippen LogP contribution in [0.1, 0.15) is 43.0 Å². The molecule has 6 nitrogen and oxygen atoms in total. The van der Waals surface area contributed by atoms with Crippen molar-refractivity contribution in [1.82, 2.24) is 15.1 Å². The number of aromatic nitrogens is 2. The molecule has 1 aromatic carbocycles. The van der Waals surface area contributed by atoms with E-state index in [0.717, 1.165) is 11.3 Å². The summed E-state index contributed by atoms with van der Waals surface area (Å²) >= 11 is 0. The standard InChI is InChI=1S/C18H20F3N3O3/c1-2-26-14-7-5-12(6-8-14)10-15(25)24-9-3-4-13(11-24)16-22-23-17(27-16)18(19,20)21/h5-8,13H,2-4,9-11H2,1H3. The Hall–Kier alpha value is -2.58. The van der Waals surface area contributed by atoms with Crippen LogP contribution in [-0.4, -0.2) is 40.7 Å². The zero-order chi connectivity index (χ0) is 19.4. The van der Waals surface area contributed by atoms with Crippen LogP contribution in [0.25, 0.3) is 0 Å². The van der Waals surface area contributed by atoms with Crippen LogP contribution >= 0.6 is 0 Å². The van der Waals surface area contributed by atoms with E-state index in [4.69, 9.17) is 9.15 Å². The van der Waals surface area contributed by atoms with E-state index in [1.54, 1.807) is 4.90 Å². The molecule has 0 saturated carbocycles. The van der Waals surface area contributed by atoms with Gasteiger partial charge in [0.15, 0.2) is 0 Å². The molecule has 0 radical (unpaired) electrons. The number of halogens is 3. The number of hydrogen-bond acceptors (Lipinski definition) is 5. The Balaban J connectivity index is 1.61. The van der Waals surface area contributed by atoms with Crippen molar-refractivity contribution >= 4 is 5.91 Å². The predicted octanol–water partition coefficient (Wildman–Crippen LogP) is 3.44. The maximum absolute atomic E-state index is 12.6. The third-order valence-electron chi connectivity index (χ3n) is 4.40. The zero-order valence-corrected chi connectivity index (χ0v) is 14.8. The molecule has 0 spiro atoms. The van der Waals surface area contributed by atoms with E-state index in [1.807, 2.05) is 31.2 Å². The normalized spacial score (nSPS) is 17.8. The lowest BCUT2D eigenvalue weighted by atomic mass is 9.97. The predicted molar refractivity (Wildman–Crippen MR) is 89.2 cm³/mol. The molecule has 0 aliphatic carbocycles. The van der Waals surface area contributed by atoms with Gasteiger partial charge >= 0.3 is 12.1 Å². The highest BCUT2D eigenvalue weighted by Crippen LogP contribution is 2.32. The van der Waals surface area contributed by atoms with Crippen LogP contribution in [0.5, 0.6) is 5.75 Å². The first kappa shape index (κ1) is 19.2. The van der Waals surface area contributed by atoms with Crippen molar-refractivity contribution in [3.63, 3.8) is 0 Å². The second kappa shape index (κ2) is 7.98. The van der Waals surface area contributed by atoms with Crippen molar-refractivity contribution in [2.45, 2.75) is 38.3 Å². The number of carbonyl (C=O) groups excluding carboxylic acids is 1. The van der Waals surface area contributed by atoms with E-state index in [-0.39, 0.29) is 30.7 Å². The Bertz CT molecular complexity index is 774. The lowest BCUT2D eigenvalue weighted by molar-refractivity contribution is -0.157. The fraction of sp³-hybridized carbons (Fsp3) is 0.500. The molecule has 1 atom stereocenters. The van der Waals surface area contributed by atoms with Crippen LogP contribution in [0.4, 0.5) is 13.2 Å². The Kier molecular flexibility index (Phi) is 5.67. The van der Waals surface area contributed by atoms with Gasteiger partial charge in [-0.3, -0.25) is 4.79 Å². The van der Waals surface area contributed by atoms with Crippen LogP contribution in [0, 0.1) is 0 Å². The Morgan fingerprint density at radius 1 is 1.30 bits per heavy atom. The van der Waals surface area contributed by atoms with Crippen molar-refractivity contribution in [2.24, 2.45) is 0 Å². The third-order valence-corrected chi connectivity index (χ3v) is 4.40. The fourth-order valence-corrected chi connectivity index (χ4v) is 3.08. The number of piperidine rings is 1. The molecule has 1 aromatic heterocycles. The Morgan fingerprint density at radius 3 is 2.67 bits per heavy atom. The number of ether oxygens (including phenoxy) is 1. The maximum atomic E-state index is 12.6. The summed E-state index contributed by atoms with van der Waals surface area (Å²) in [6.45, 7) is 3.30. The van der Waals surface area contributed by atoms with Gasteiger partial charge in [0.2, 0.25) is 11.8 Å². The van der Waals surface area contributed by atoms with Gasteiger partial charge in [-0.05, 0) is 37.5 Å². The number of carbonyl (C=O) groups is 1. The Labute approximate surface area is 154 Å². The number of alkyl halides is 3. The summed E-state index contributed by atoms with van der Waals surface area (Å²) in [5.74, 6) is -1.15. The van der Waals surface area contributed by atoms with E-state index < -0.39 is 12.1 Å². The molecule has 9 heteroatoms. The number of likely N-dealkylation sites (tertiary alicyclic amines) is 1. The first-order valence-corrected chi connectivity index (χ1v) is 8.77. The summed E-state index contributed by atoms with van der Waals surface area (Å²) in [5, 5.41) is 6.59. The molecular weight excluding hydrogens is 363 g/mol. The van der Waals surface area contributed by atoms with Gasteiger partial charge < -0.3 is 14.1 Å². The lowest BCUT2D eigenvalue weighted by Gasteiger charge is -2.31. The van der Waals surface area contributed by atoms with Crippen LogP contribution in [0.15, 0.2) is 28.7 Å². The van der Waals surface area contributed by atoms with Crippen LogP contribution in [0.3, 0.4) is 0 Å². The highest BCUT2D eigenvalue weighted by Gasteiger charge is 2.39. The van der Waals surface area contributed by atoms with E-state index >= 15 is 0 Å². The minimum Gasteiger partial charge on any atom is -0.494 e. The average Bonchev–Trinajstić information content (AvgIpc) is 3.14. The van der Waals surface area contributed by atoms with Gasteiger partial charge in [0, 0.05) is 13.1 Å². The summed E-state index contributed by atoms with van der Waals surface area (Å²) in [6, 6.07) is 7.28. The number of rotatable bonds is 5. The van der Waals surface area contributed by atoms with E-state index in [2.05, 4.69) is 10.2 Å². The SMILES string of the molecule is CCOc1ccc(CC(=O)N2CCCC(c3nnc(C(F)(F)F)o3)C2)cc1.